The van der Waals surface area contributed by atoms with Crippen LogP contribution in [0.4, 0.5) is 5.69 Å². The summed E-state index contributed by atoms with van der Waals surface area (Å²) < 4.78 is 17.4. The molecule has 0 bridgehead atoms. The number of aryl methyl sites for hydroxylation is 1. The first-order chi connectivity index (χ1) is 9.60. The molecule has 4 heteroatoms. The Bertz CT molecular complexity index is 626. The van der Waals surface area contributed by atoms with E-state index in [0.717, 1.165) is 11.1 Å². The Balaban J connectivity index is 2.05. The highest BCUT2D eigenvalue weighted by Crippen LogP contribution is 2.23. The Morgan fingerprint density at radius 1 is 1.15 bits per heavy atom. The zero-order valence-corrected chi connectivity index (χ0v) is 12.6. The molecule has 0 spiro atoms. The van der Waals surface area contributed by atoms with Crippen LogP contribution in [0.15, 0.2) is 42.5 Å². The first-order valence-corrected chi connectivity index (χ1v) is 7.91. The molecule has 0 aliphatic carbocycles. The maximum absolute atomic E-state index is 12.2. The highest BCUT2D eigenvalue weighted by Gasteiger charge is 2.07. The van der Waals surface area contributed by atoms with Crippen molar-refractivity contribution in [1.82, 2.24) is 0 Å². The minimum absolute atomic E-state index is 0.503. The van der Waals surface area contributed by atoms with Crippen molar-refractivity contribution in [2.75, 3.05) is 12.8 Å². The fraction of sp³-hybridized carbons (Fsp3) is 0.250. The first-order valence-electron chi connectivity index (χ1n) is 6.42. The molecule has 0 aliphatic heterocycles. The van der Waals surface area contributed by atoms with Crippen LogP contribution in [-0.4, -0.2) is 11.3 Å². The van der Waals surface area contributed by atoms with Gasteiger partial charge >= 0.3 is 0 Å². The van der Waals surface area contributed by atoms with Gasteiger partial charge in [-0.25, -0.2) is 0 Å². The van der Waals surface area contributed by atoms with E-state index in [1.807, 2.05) is 49.4 Å². The molecule has 0 fully saturated rings. The van der Waals surface area contributed by atoms with Crippen LogP contribution in [0, 0.1) is 6.92 Å². The molecule has 0 aromatic heterocycles. The molecule has 3 nitrogen and oxygen atoms in total. The smallest absolute Gasteiger partial charge is 0.141 e. The summed E-state index contributed by atoms with van der Waals surface area (Å²) in [5, 5.41) is 0. The molecule has 2 N–H and O–H groups in total. The second-order valence-corrected chi connectivity index (χ2v) is 6.19. The van der Waals surface area contributed by atoms with Gasteiger partial charge in [-0.05, 0) is 35.7 Å². The van der Waals surface area contributed by atoms with Gasteiger partial charge in [-0.3, -0.25) is 4.21 Å². The molecule has 0 saturated carbocycles. The third-order valence-electron chi connectivity index (χ3n) is 3.20. The Kier molecular flexibility index (Phi) is 4.79. The van der Waals surface area contributed by atoms with E-state index in [9.17, 15) is 4.21 Å². The molecule has 1 unspecified atom stereocenters. The van der Waals surface area contributed by atoms with Gasteiger partial charge in [0.1, 0.15) is 5.75 Å². The molecule has 2 rings (SSSR count). The van der Waals surface area contributed by atoms with E-state index in [4.69, 9.17) is 10.5 Å². The summed E-state index contributed by atoms with van der Waals surface area (Å²) in [6, 6.07) is 13.6. The standard InChI is InChI=1S/C16H19NO2S/c1-12-5-3-4-6-14(12)11-20(18)10-13-7-8-16(19-2)15(17)9-13/h3-9H,10-11,17H2,1-2H3. The van der Waals surface area contributed by atoms with Crippen molar-refractivity contribution in [3.8, 4) is 5.75 Å². The molecule has 0 heterocycles. The lowest BCUT2D eigenvalue weighted by molar-refractivity contribution is 0.417. The number of rotatable bonds is 5. The minimum Gasteiger partial charge on any atom is -0.495 e. The Hall–Kier alpha value is -1.81. The third-order valence-corrected chi connectivity index (χ3v) is 4.49. The van der Waals surface area contributed by atoms with E-state index in [0.29, 0.717) is 22.9 Å². The molecule has 106 valence electrons. The van der Waals surface area contributed by atoms with Gasteiger partial charge in [-0.1, -0.05) is 30.3 Å². The fourth-order valence-electron chi connectivity index (χ4n) is 2.06. The maximum Gasteiger partial charge on any atom is 0.141 e. The van der Waals surface area contributed by atoms with Gasteiger partial charge in [0.05, 0.1) is 12.8 Å². The normalized spacial score (nSPS) is 12.1. The number of benzene rings is 2. The van der Waals surface area contributed by atoms with Crippen molar-refractivity contribution in [2.45, 2.75) is 18.4 Å². The molecule has 0 saturated heterocycles. The number of ether oxygens (including phenoxy) is 1. The number of nitrogens with two attached hydrogens (primary N) is 1. The summed E-state index contributed by atoms with van der Waals surface area (Å²) in [5.74, 6) is 1.72. The predicted octanol–water partition coefficient (Wildman–Crippen LogP) is 3.03. The SMILES string of the molecule is COc1ccc(CS(=O)Cc2ccccc2C)cc1N. The van der Waals surface area contributed by atoms with Crippen molar-refractivity contribution < 1.29 is 8.95 Å². The average Bonchev–Trinajstić information content (AvgIpc) is 2.41. The summed E-state index contributed by atoms with van der Waals surface area (Å²) in [4.78, 5) is 0. The Morgan fingerprint density at radius 2 is 1.90 bits per heavy atom. The molecular formula is C16H19NO2S. The molecule has 0 radical (unpaired) electrons. The number of methoxy groups -OCH3 is 1. The average molecular weight is 289 g/mol. The van der Waals surface area contributed by atoms with Crippen LogP contribution in [0.5, 0.6) is 5.75 Å². The van der Waals surface area contributed by atoms with Crippen LogP contribution in [0.1, 0.15) is 16.7 Å². The lowest BCUT2D eigenvalue weighted by atomic mass is 10.1. The van der Waals surface area contributed by atoms with E-state index < -0.39 is 10.8 Å². The number of hydrogen-bond acceptors (Lipinski definition) is 3. The highest BCUT2D eigenvalue weighted by atomic mass is 32.2. The predicted molar refractivity (Wildman–Crippen MR) is 84.1 cm³/mol. The molecule has 1 atom stereocenters. The van der Waals surface area contributed by atoms with Crippen LogP contribution in [0.25, 0.3) is 0 Å². The largest absolute Gasteiger partial charge is 0.495 e. The van der Waals surface area contributed by atoms with Gasteiger partial charge in [0.25, 0.3) is 0 Å². The van der Waals surface area contributed by atoms with Crippen LogP contribution >= 0.6 is 0 Å². The summed E-state index contributed by atoms with van der Waals surface area (Å²) in [7, 11) is 0.640. The van der Waals surface area contributed by atoms with Crippen LogP contribution in [-0.2, 0) is 22.3 Å². The Morgan fingerprint density at radius 3 is 2.55 bits per heavy atom. The number of hydrogen-bond donors (Lipinski definition) is 1. The summed E-state index contributed by atoms with van der Waals surface area (Å²) in [6.45, 7) is 2.04. The third kappa shape index (κ3) is 3.61. The number of anilines is 1. The molecule has 2 aromatic rings. The quantitative estimate of drug-likeness (QED) is 0.861. The molecule has 0 amide bonds. The zero-order valence-electron chi connectivity index (χ0n) is 11.8. The summed E-state index contributed by atoms with van der Waals surface area (Å²) in [5.41, 5.74) is 9.72. The summed E-state index contributed by atoms with van der Waals surface area (Å²) >= 11 is 0. The van der Waals surface area contributed by atoms with Crippen molar-refractivity contribution in [1.29, 1.82) is 0 Å². The topological polar surface area (TPSA) is 52.3 Å². The van der Waals surface area contributed by atoms with E-state index in [1.165, 1.54) is 5.56 Å². The Labute approximate surface area is 122 Å². The molecule has 20 heavy (non-hydrogen) atoms. The molecule has 2 aromatic carbocycles. The first kappa shape index (κ1) is 14.6. The monoisotopic (exact) mass is 289 g/mol. The van der Waals surface area contributed by atoms with Crippen molar-refractivity contribution in [3.05, 3.63) is 59.2 Å². The van der Waals surface area contributed by atoms with Crippen LogP contribution in [0.3, 0.4) is 0 Å². The second-order valence-electron chi connectivity index (χ2n) is 4.73. The van der Waals surface area contributed by atoms with Crippen LogP contribution < -0.4 is 10.5 Å². The van der Waals surface area contributed by atoms with Gasteiger partial charge in [-0.15, -0.1) is 0 Å². The van der Waals surface area contributed by atoms with Crippen LogP contribution in [0.2, 0.25) is 0 Å². The van der Waals surface area contributed by atoms with Gasteiger partial charge in [0.15, 0.2) is 0 Å². The summed E-state index contributed by atoms with van der Waals surface area (Å²) in [6.07, 6.45) is 0. The second kappa shape index (κ2) is 6.57. The molecule has 0 aliphatic rings. The van der Waals surface area contributed by atoms with E-state index in [2.05, 4.69) is 0 Å². The number of nitrogen functional groups attached to an aromatic ring is 1. The van der Waals surface area contributed by atoms with Gasteiger partial charge in [0, 0.05) is 22.3 Å². The lowest BCUT2D eigenvalue weighted by Crippen LogP contribution is -2.02. The zero-order chi connectivity index (χ0) is 14.5. The van der Waals surface area contributed by atoms with E-state index in [-0.39, 0.29) is 0 Å². The lowest BCUT2D eigenvalue weighted by Gasteiger charge is -2.08. The molecular weight excluding hydrogens is 270 g/mol. The fourth-order valence-corrected chi connectivity index (χ4v) is 3.38. The van der Waals surface area contributed by atoms with Crippen molar-refractivity contribution in [3.63, 3.8) is 0 Å². The van der Waals surface area contributed by atoms with Crippen molar-refractivity contribution >= 4 is 16.5 Å². The van der Waals surface area contributed by atoms with Crippen molar-refractivity contribution in [2.24, 2.45) is 0 Å². The van der Waals surface area contributed by atoms with Gasteiger partial charge < -0.3 is 10.5 Å². The minimum atomic E-state index is -0.945. The van der Waals surface area contributed by atoms with Gasteiger partial charge in [-0.2, -0.15) is 0 Å². The van der Waals surface area contributed by atoms with E-state index >= 15 is 0 Å². The highest BCUT2D eigenvalue weighted by molar-refractivity contribution is 7.83. The van der Waals surface area contributed by atoms with Gasteiger partial charge in [0.2, 0.25) is 0 Å². The van der Waals surface area contributed by atoms with E-state index in [1.54, 1.807) is 7.11 Å². The maximum atomic E-state index is 12.2.